The molecule has 24 heavy (non-hydrogen) atoms. The van der Waals surface area contributed by atoms with Gasteiger partial charge >= 0.3 is 0 Å². The molecule has 0 aliphatic heterocycles. The maximum absolute atomic E-state index is 4.59. The Morgan fingerprint density at radius 1 is 0.792 bits per heavy atom. The fourth-order valence-corrected chi connectivity index (χ4v) is 1.72. The van der Waals surface area contributed by atoms with Gasteiger partial charge in [0.2, 0.25) is 12.8 Å². The highest BCUT2D eigenvalue weighted by Crippen LogP contribution is 1.97. The molecule has 8 heteroatoms. The fraction of sp³-hybridized carbons (Fsp3) is 0.750. The topological polar surface area (TPSA) is 102 Å². The van der Waals surface area contributed by atoms with Crippen LogP contribution in [0, 0.1) is 11.8 Å². The van der Waals surface area contributed by atoms with E-state index >= 15 is 0 Å². The van der Waals surface area contributed by atoms with Crippen molar-refractivity contribution in [2.75, 3.05) is 13.1 Å². The van der Waals surface area contributed by atoms with Gasteiger partial charge in [0, 0.05) is 0 Å². The fourth-order valence-electron chi connectivity index (χ4n) is 1.72. The SMILES string of the molecule is CC(C)CCNCc1ncon1.CC(C)CCNCc1ncon1. The van der Waals surface area contributed by atoms with E-state index < -0.39 is 0 Å². The van der Waals surface area contributed by atoms with E-state index in [1.54, 1.807) is 0 Å². The first-order valence-electron chi connectivity index (χ1n) is 8.49. The van der Waals surface area contributed by atoms with Crippen LogP contribution in [-0.4, -0.2) is 33.4 Å². The molecule has 0 aromatic carbocycles. The first-order chi connectivity index (χ1) is 11.6. The highest BCUT2D eigenvalue weighted by molar-refractivity contribution is 4.76. The second-order valence-electron chi connectivity index (χ2n) is 6.41. The lowest BCUT2D eigenvalue weighted by Gasteiger charge is -2.03. The summed E-state index contributed by atoms with van der Waals surface area (Å²) in [4.78, 5) is 7.79. The van der Waals surface area contributed by atoms with Gasteiger partial charge in [0.15, 0.2) is 11.6 Å². The third-order valence-electron chi connectivity index (χ3n) is 3.18. The average molecular weight is 338 g/mol. The van der Waals surface area contributed by atoms with Gasteiger partial charge in [-0.1, -0.05) is 38.0 Å². The minimum atomic E-state index is 0.698. The summed E-state index contributed by atoms with van der Waals surface area (Å²) in [5, 5.41) is 13.8. The quantitative estimate of drug-likeness (QED) is 0.637. The summed E-state index contributed by atoms with van der Waals surface area (Å²) < 4.78 is 9.18. The standard InChI is InChI=1S/2C8H15N3O/c2*1-7(2)3-4-9-5-8-10-6-12-11-8/h2*6-7,9H,3-5H2,1-2H3. The van der Waals surface area contributed by atoms with Crippen molar-refractivity contribution in [2.24, 2.45) is 11.8 Å². The summed E-state index contributed by atoms with van der Waals surface area (Å²) in [6.07, 6.45) is 5.05. The Kier molecular flexibility index (Phi) is 10.6. The molecule has 2 N–H and O–H groups in total. The molecule has 0 spiro atoms. The largest absolute Gasteiger partial charge is 0.343 e. The molecule has 0 fully saturated rings. The van der Waals surface area contributed by atoms with Crippen LogP contribution < -0.4 is 10.6 Å². The third kappa shape index (κ3) is 10.8. The van der Waals surface area contributed by atoms with Gasteiger partial charge in [-0.15, -0.1) is 0 Å². The Labute approximate surface area is 143 Å². The number of hydrogen-bond acceptors (Lipinski definition) is 8. The van der Waals surface area contributed by atoms with E-state index in [9.17, 15) is 0 Å². The van der Waals surface area contributed by atoms with Crippen molar-refractivity contribution >= 4 is 0 Å². The number of aromatic nitrogens is 4. The molecule has 2 aromatic rings. The zero-order valence-electron chi connectivity index (χ0n) is 15.2. The summed E-state index contributed by atoms with van der Waals surface area (Å²) in [7, 11) is 0. The zero-order chi connectivity index (χ0) is 17.6. The highest BCUT2D eigenvalue weighted by Gasteiger charge is 1.98. The maximum Gasteiger partial charge on any atom is 0.213 e. The third-order valence-corrected chi connectivity index (χ3v) is 3.18. The van der Waals surface area contributed by atoms with E-state index in [2.05, 4.69) is 67.7 Å². The Bertz CT molecular complexity index is 438. The van der Waals surface area contributed by atoms with Crippen LogP contribution in [0.4, 0.5) is 0 Å². The van der Waals surface area contributed by atoms with Gasteiger partial charge in [-0.3, -0.25) is 0 Å². The molecule has 2 rings (SSSR count). The van der Waals surface area contributed by atoms with Crippen molar-refractivity contribution < 1.29 is 9.05 Å². The van der Waals surface area contributed by atoms with Gasteiger partial charge in [0.05, 0.1) is 13.1 Å². The first-order valence-corrected chi connectivity index (χ1v) is 8.49. The molecule has 0 aliphatic rings. The van der Waals surface area contributed by atoms with Crippen LogP contribution in [0.2, 0.25) is 0 Å². The van der Waals surface area contributed by atoms with Gasteiger partial charge in [-0.05, 0) is 37.8 Å². The van der Waals surface area contributed by atoms with E-state index in [1.165, 1.54) is 25.6 Å². The first kappa shape index (κ1) is 20.2. The molecule has 8 nitrogen and oxygen atoms in total. The molecule has 0 saturated carbocycles. The molecule has 2 aromatic heterocycles. The average Bonchev–Trinajstić information content (AvgIpc) is 3.22. The number of nitrogens with zero attached hydrogens (tertiary/aromatic N) is 4. The van der Waals surface area contributed by atoms with Gasteiger partial charge in [0.25, 0.3) is 0 Å². The van der Waals surface area contributed by atoms with Crippen LogP contribution in [0.5, 0.6) is 0 Å². The molecule has 0 radical (unpaired) electrons. The van der Waals surface area contributed by atoms with E-state index in [1.807, 2.05) is 0 Å². The second kappa shape index (κ2) is 12.6. The van der Waals surface area contributed by atoms with Gasteiger partial charge in [-0.25, -0.2) is 0 Å². The molecular weight excluding hydrogens is 308 g/mol. The van der Waals surface area contributed by atoms with Gasteiger partial charge < -0.3 is 19.7 Å². The smallest absolute Gasteiger partial charge is 0.213 e. The van der Waals surface area contributed by atoms with Crippen molar-refractivity contribution in [3.63, 3.8) is 0 Å². The Morgan fingerprint density at radius 3 is 1.50 bits per heavy atom. The van der Waals surface area contributed by atoms with Crippen LogP contribution in [0.1, 0.15) is 52.2 Å². The van der Waals surface area contributed by atoms with E-state index in [-0.39, 0.29) is 0 Å². The van der Waals surface area contributed by atoms with E-state index in [0.29, 0.717) is 13.1 Å². The molecule has 0 saturated heterocycles. The van der Waals surface area contributed by atoms with Crippen LogP contribution in [0.25, 0.3) is 0 Å². The lowest BCUT2D eigenvalue weighted by Crippen LogP contribution is -2.16. The molecule has 0 amide bonds. The molecule has 136 valence electrons. The number of nitrogens with one attached hydrogen (secondary N) is 2. The van der Waals surface area contributed by atoms with Crippen LogP contribution in [0.15, 0.2) is 21.8 Å². The highest BCUT2D eigenvalue weighted by atomic mass is 16.5. The second-order valence-corrected chi connectivity index (χ2v) is 6.41. The Balaban J connectivity index is 0.000000240. The lowest BCUT2D eigenvalue weighted by atomic mass is 10.1. The predicted molar refractivity (Wildman–Crippen MR) is 90.9 cm³/mol. The Morgan fingerprint density at radius 2 is 1.21 bits per heavy atom. The monoisotopic (exact) mass is 338 g/mol. The molecular formula is C16H30N6O2. The van der Waals surface area contributed by atoms with Gasteiger partial charge in [-0.2, -0.15) is 9.97 Å². The van der Waals surface area contributed by atoms with Crippen molar-refractivity contribution in [3.8, 4) is 0 Å². The number of rotatable bonds is 10. The normalized spacial score (nSPS) is 10.9. The summed E-state index contributed by atoms with van der Waals surface area (Å²) >= 11 is 0. The van der Waals surface area contributed by atoms with Crippen LogP contribution in [-0.2, 0) is 13.1 Å². The minimum absolute atomic E-state index is 0.698. The number of hydrogen-bond donors (Lipinski definition) is 2. The van der Waals surface area contributed by atoms with Crippen molar-refractivity contribution in [3.05, 3.63) is 24.4 Å². The van der Waals surface area contributed by atoms with E-state index in [0.717, 1.165) is 36.6 Å². The summed E-state index contributed by atoms with van der Waals surface area (Å²) in [6, 6.07) is 0. The Hall–Kier alpha value is -1.80. The van der Waals surface area contributed by atoms with Gasteiger partial charge in [0.1, 0.15) is 0 Å². The summed E-state index contributed by atoms with van der Waals surface area (Å²) in [5.74, 6) is 2.92. The summed E-state index contributed by atoms with van der Waals surface area (Å²) in [6.45, 7) is 12.2. The van der Waals surface area contributed by atoms with Crippen molar-refractivity contribution in [1.82, 2.24) is 30.9 Å². The molecule has 0 aliphatic carbocycles. The minimum Gasteiger partial charge on any atom is -0.343 e. The molecule has 0 unspecified atom stereocenters. The predicted octanol–water partition coefficient (Wildman–Crippen LogP) is 2.41. The van der Waals surface area contributed by atoms with Crippen LogP contribution in [0.3, 0.4) is 0 Å². The zero-order valence-corrected chi connectivity index (χ0v) is 15.2. The molecule has 0 bridgehead atoms. The van der Waals surface area contributed by atoms with Crippen LogP contribution >= 0.6 is 0 Å². The molecule has 2 heterocycles. The van der Waals surface area contributed by atoms with Crippen molar-refractivity contribution in [2.45, 2.75) is 53.6 Å². The summed E-state index contributed by atoms with van der Waals surface area (Å²) in [5.41, 5.74) is 0. The lowest BCUT2D eigenvalue weighted by molar-refractivity contribution is 0.406. The van der Waals surface area contributed by atoms with E-state index in [4.69, 9.17) is 0 Å². The van der Waals surface area contributed by atoms with Crippen molar-refractivity contribution in [1.29, 1.82) is 0 Å². The molecule has 0 atom stereocenters. The maximum atomic E-state index is 4.59.